The summed E-state index contributed by atoms with van der Waals surface area (Å²) in [6.07, 6.45) is 2.59. The van der Waals surface area contributed by atoms with E-state index in [-0.39, 0.29) is 24.5 Å². The molecule has 0 aromatic heterocycles. The van der Waals surface area contributed by atoms with Gasteiger partial charge >= 0.3 is 0 Å². The Labute approximate surface area is 128 Å². The van der Waals surface area contributed by atoms with Crippen LogP contribution in [0.1, 0.15) is 12.5 Å². The number of carbonyl (C=O) groups is 2. The fourth-order valence-corrected chi connectivity index (χ4v) is 2.65. The molecule has 6 heteroatoms. The van der Waals surface area contributed by atoms with Crippen LogP contribution in [-0.4, -0.2) is 41.5 Å². The number of ether oxygens (including phenoxy) is 2. The van der Waals surface area contributed by atoms with Crippen molar-refractivity contribution in [2.24, 2.45) is 0 Å². The zero-order chi connectivity index (χ0) is 15.5. The first-order valence-corrected chi connectivity index (χ1v) is 7.23. The third-order valence-corrected chi connectivity index (χ3v) is 3.79. The summed E-state index contributed by atoms with van der Waals surface area (Å²) in [6, 6.07) is 8.41. The lowest BCUT2D eigenvalue weighted by Gasteiger charge is -2.41. The molecule has 116 valence electrons. The number of hydrogen-bond donors (Lipinski definition) is 1. The largest absolute Gasteiger partial charge is 0.494 e. The van der Waals surface area contributed by atoms with Crippen molar-refractivity contribution in [1.82, 2.24) is 10.2 Å². The minimum absolute atomic E-state index is 0.145. The minimum atomic E-state index is -0.664. The van der Waals surface area contributed by atoms with Gasteiger partial charge in [0.25, 0.3) is 5.91 Å². The number of piperazine rings is 1. The van der Waals surface area contributed by atoms with Gasteiger partial charge in [-0.25, -0.2) is 0 Å². The summed E-state index contributed by atoms with van der Waals surface area (Å²) in [5.74, 6) is -0.395. The number of nitrogens with one attached hydrogen (secondary N) is 1. The molecule has 0 spiro atoms. The van der Waals surface area contributed by atoms with E-state index >= 15 is 0 Å². The van der Waals surface area contributed by atoms with Crippen molar-refractivity contribution in [3.8, 4) is 0 Å². The lowest BCUT2D eigenvalue weighted by atomic mass is 10.0. The van der Waals surface area contributed by atoms with Crippen LogP contribution >= 0.6 is 0 Å². The number of hydrogen-bond acceptors (Lipinski definition) is 4. The van der Waals surface area contributed by atoms with E-state index in [1.807, 2.05) is 30.3 Å². The Balaban J connectivity index is 1.61. The molecule has 3 atom stereocenters. The molecule has 1 aromatic carbocycles. The van der Waals surface area contributed by atoms with Gasteiger partial charge in [0, 0.05) is 6.20 Å². The molecule has 1 fully saturated rings. The van der Waals surface area contributed by atoms with E-state index in [1.54, 1.807) is 6.92 Å². The Bertz CT molecular complexity index is 587. The molecule has 2 aliphatic heterocycles. The van der Waals surface area contributed by atoms with Crippen LogP contribution in [0.15, 0.2) is 42.8 Å². The van der Waals surface area contributed by atoms with Crippen molar-refractivity contribution < 1.29 is 19.1 Å². The maximum atomic E-state index is 12.4. The van der Waals surface area contributed by atoms with Crippen LogP contribution in [0.4, 0.5) is 0 Å². The zero-order valence-corrected chi connectivity index (χ0v) is 12.3. The van der Waals surface area contributed by atoms with Crippen LogP contribution in [0.2, 0.25) is 0 Å². The number of amides is 2. The molecule has 2 aliphatic rings. The van der Waals surface area contributed by atoms with Crippen LogP contribution in [0.5, 0.6) is 0 Å². The molecule has 3 rings (SSSR count). The average molecular weight is 302 g/mol. The second-order valence-corrected chi connectivity index (χ2v) is 5.38. The second-order valence-electron chi connectivity index (χ2n) is 5.38. The summed E-state index contributed by atoms with van der Waals surface area (Å²) < 4.78 is 10.8. The number of nitrogens with zero attached hydrogens (tertiary/aromatic N) is 1. The third-order valence-electron chi connectivity index (χ3n) is 3.79. The van der Waals surface area contributed by atoms with Gasteiger partial charge in [-0.15, -0.1) is 0 Å². The lowest BCUT2D eigenvalue weighted by Crippen LogP contribution is -2.66. The molecule has 22 heavy (non-hydrogen) atoms. The summed E-state index contributed by atoms with van der Waals surface area (Å²) in [5.41, 5.74) is 1.02. The van der Waals surface area contributed by atoms with Crippen LogP contribution in [0.25, 0.3) is 0 Å². The molecule has 2 amide bonds. The SMILES string of the molecule is C[C@H]1OC=CN2C(=O)[C@H](COCc3ccccc3)NC(=O)[C@H]12. The van der Waals surface area contributed by atoms with Gasteiger partial charge in [0.15, 0.2) is 6.04 Å². The summed E-state index contributed by atoms with van der Waals surface area (Å²) in [6.45, 7) is 2.31. The Morgan fingerprint density at radius 1 is 1.27 bits per heavy atom. The normalized spacial score (nSPS) is 27.1. The smallest absolute Gasteiger partial charge is 0.252 e. The molecule has 1 saturated heterocycles. The molecule has 0 saturated carbocycles. The first kappa shape index (κ1) is 14.6. The van der Waals surface area contributed by atoms with Gasteiger partial charge in [0.2, 0.25) is 5.91 Å². The number of benzene rings is 1. The molecule has 0 bridgehead atoms. The predicted octanol–water partition coefficient (Wildman–Crippen LogP) is 0.789. The van der Waals surface area contributed by atoms with Crippen LogP contribution < -0.4 is 5.32 Å². The van der Waals surface area contributed by atoms with E-state index in [9.17, 15) is 9.59 Å². The van der Waals surface area contributed by atoms with Gasteiger partial charge < -0.3 is 14.8 Å². The van der Waals surface area contributed by atoms with Crippen molar-refractivity contribution in [2.75, 3.05) is 6.61 Å². The highest BCUT2D eigenvalue weighted by Gasteiger charge is 2.44. The van der Waals surface area contributed by atoms with Gasteiger partial charge in [-0.05, 0) is 12.5 Å². The molecule has 1 N–H and O–H groups in total. The molecular formula is C16H18N2O4. The van der Waals surface area contributed by atoms with Crippen LogP contribution in [0, 0.1) is 0 Å². The first-order chi connectivity index (χ1) is 10.7. The summed E-state index contributed by atoms with van der Waals surface area (Å²) in [7, 11) is 0. The van der Waals surface area contributed by atoms with Crippen LogP contribution in [-0.2, 0) is 25.7 Å². The fraction of sp³-hybridized carbons (Fsp3) is 0.375. The molecular weight excluding hydrogens is 284 g/mol. The van der Waals surface area contributed by atoms with E-state index in [0.29, 0.717) is 6.61 Å². The predicted molar refractivity (Wildman–Crippen MR) is 78.3 cm³/mol. The van der Waals surface area contributed by atoms with E-state index in [1.165, 1.54) is 17.4 Å². The highest BCUT2D eigenvalue weighted by molar-refractivity contribution is 5.98. The standard InChI is InChI=1S/C16H18N2O4/c1-11-14-15(19)17-13(16(20)18(14)7-8-22-11)10-21-9-12-5-3-2-4-6-12/h2-8,11,13-14H,9-10H2,1H3,(H,17,19)/t11-,13+,14+/m1/s1. The fourth-order valence-electron chi connectivity index (χ4n) is 2.65. The topological polar surface area (TPSA) is 67.9 Å². The van der Waals surface area contributed by atoms with Crippen LogP contribution in [0.3, 0.4) is 0 Å². The lowest BCUT2D eigenvalue weighted by molar-refractivity contribution is -0.153. The van der Waals surface area contributed by atoms with Gasteiger partial charge in [-0.2, -0.15) is 0 Å². The molecule has 0 radical (unpaired) electrons. The Hall–Kier alpha value is -2.34. The van der Waals surface area contributed by atoms with Crippen molar-refractivity contribution in [2.45, 2.75) is 31.7 Å². The maximum Gasteiger partial charge on any atom is 0.252 e. The first-order valence-electron chi connectivity index (χ1n) is 7.23. The summed E-state index contributed by atoms with van der Waals surface area (Å²) in [4.78, 5) is 26.0. The van der Waals surface area contributed by atoms with E-state index in [4.69, 9.17) is 9.47 Å². The highest BCUT2D eigenvalue weighted by Crippen LogP contribution is 2.20. The van der Waals surface area contributed by atoms with Crippen molar-refractivity contribution in [1.29, 1.82) is 0 Å². The quantitative estimate of drug-likeness (QED) is 0.893. The van der Waals surface area contributed by atoms with Gasteiger partial charge in [0.05, 0.1) is 19.5 Å². The maximum absolute atomic E-state index is 12.4. The molecule has 6 nitrogen and oxygen atoms in total. The van der Waals surface area contributed by atoms with E-state index < -0.39 is 12.1 Å². The molecule has 1 aromatic rings. The molecule has 0 unspecified atom stereocenters. The Morgan fingerprint density at radius 3 is 2.82 bits per heavy atom. The molecule has 0 aliphatic carbocycles. The van der Waals surface area contributed by atoms with Crippen molar-refractivity contribution in [3.05, 3.63) is 48.4 Å². The Kier molecular flexibility index (Phi) is 4.11. The average Bonchev–Trinajstić information content (AvgIpc) is 2.53. The number of carbonyl (C=O) groups excluding carboxylic acids is 2. The van der Waals surface area contributed by atoms with E-state index in [2.05, 4.69) is 5.32 Å². The van der Waals surface area contributed by atoms with Gasteiger partial charge in [0.1, 0.15) is 12.1 Å². The zero-order valence-electron chi connectivity index (χ0n) is 12.3. The molecule has 2 heterocycles. The second kappa shape index (κ2) is 6.19. The van der Waals surface area contributed by atoms with Crippen molar-refractivity contribution >= 4 is 11.8 Å². The van der Waals surface area contributed by atoms with Crippen molar-refractivity contribution in [3.63, 3.8) is 0 Å². The van der Waals surface area contributed by atoms with E-state index in [0.717, 1.165) is 5.56 Å². The summed E-state index contributed by atoms with van der Waals surface area (Å²) in [5, 5.41) is 2.71. The van der Waals surface area contributed by atoms with Gasteiger partial charge in [-0.1, -0.05) is 30.3 Å². The summed E-state index contributed by atoms with van der Waals surface area (Å²) >= 11 is 0. The monoisotopic (exact) mass is 302 g/mol. The van der Waals surface area contributed by atoms with Gasteiger partial charge in [-0.3, -0.25) is 14.5 Å². The Morgan fingerprint density at radius 2 is 2.05 bits per heavy atom. The minimum Gasteiger partial charge on any atom is -0.494 e. The number of rotatable bonds is 4. The number of fused-ring (bicyclic) bond motifs is 1. The third kappa shape index (κ3) is 2.82. The highest BCUT2D eigenvalue weighted by atomic mass is 16.5.